The molecule has 0 radical (unpaired) electrons. The summed E-state index contributed by atoms with van der Waals surface area (Å²) in [6, 6.07) is 8.78. The van der Waals surface area contributed by atoms with Crippen LogP contribution in [0.5, 0.6) is 0 Å². The number of carbonyl (C=O) groups is 1. The molecular weight excluding hydrogens is 250 g/mol. The number of benzene rings is 1. The number of amides is 1. The summed E-state index contributed by atoms with van der Waals surface area (Å²) in [4.78, 5) is 11.2. The van der Waals surface area contributed by atoms with Crippen molar-refractivity contribution in [2.45, 2.75) is 32.4 Å². The molecule has 1 aromatic heterocycles. The van der Waals surface area contributed by atoms with Gasteiger partial charge in [-0.2, -0.15) is 0 Å². The second kappa shape index (κ2) is 5.29. The summed E-state index contributed by atoms with van der Waals surface area (Å²) in [5.41, 5.74) is 3.93. The van der Waals surface area contributed by atoms with E-state index < -0.39 is 0 Å². The molecule has 1 aromatic carbocycles. The van der Waals surface area contributed by atoms with E-state index in [0.29, 0.717) is 6.42 Å². The highest BCUT2D eigenvalue weighted by Crippen LogP contribution is 2.24. The van der Waals surface area contributed by atoms with Gasteiger partial charge < -0.3 is 15.2 Å². The number of hydrogen-bond acceptors (Lipinski definition) is 2. The molecule has 0 bridgehead atoms. The van der Waals surface area contributed by atoms with E-state index in [1.807, 2.05) is 0 Å². The van der Waals surface area contributed by atoms with Gasteiger partial charge in [-0.1, -0.05) is 18.2 Å². The number of fused-ring (bicyclic) bond motifs is 1. The van der Waals surface area contributed by atoms with E-state index in [9.17, 15) is 4.79 Å². The topological polar surface area (TPSA) is 46.1 Å². The van der Waals surface area contributed by atoms with Gasteiger partial charge in [-0.3, -0.25) is 4.79 Å². The molecule has 3 rings (SSSR count). The summed E-state index contributed by atoms with van der Waals surface area (Å²) in [5, 5.41) is 7.78. The average molecular weight is 271 g/mol. The molecule has 20 heavy (non-hydrogen) atoms. The Kier molecular flexibility index (Phi) is 3.49. The molecule has 1 amide bonds. The van der Waals surface area contributed by atoms with Gasteiger partial charge in [-0.05, 0) is 25.0 Å². The van der Waals surface area contributed by atoms with Crippen molar-refractivity contribution < 1.29 is 4.79 Å². The maximum Gasteiger partial charge on any atom is 0.220 e. The van der Waals surface area contributed by atoms with Gasteiger partial charge in [0.1, 0.15) is 0 Å². The predicted octanol–water partition coefficient (Wildman–Crippen LogP) is 1.85. The number of para-hydroxylation sites is 1. The molecule has 1 unspecified atom stereocenters. The SMILES string of the molecule is Cc1c(CNCC2CCC(=O)N2)n(C)c2ccccc12. The Labute approximate surface area is 119 Å². The lowest BCUT2D eigenvalue weighted by Crippen LogP contribution is -2.35. The lowest BCUT2D eigenvalue weighted by molar-refractivity contribution is -0.119. The molecule has 4 nitrogen and oxygen atoms in total. The van der Waals surface area contributed by atoms with Crippen LogP contribution in [0.1, 0.15) is 24.1 Å². The van der Waals surface area contributed by atoms with E-state index in [1.54, 1.807) is 0 Å². The molecule has 1 aliphatic rings. The molecule has 1 saturated heterocycles. The highest BCUT2D eigenvalue weighted by molar-refractivity contribution is 5.85. The molecular formula is C16H21N3O. The van der Waals surface area contributed by atoms with Gasteiger partial charge in [0.05, 0.1) is 0 Å². The van der Waals surface area contributed by atoms with Gasteiger partial charge >= 0.3 is 0 Å². The first-order valence-corrected chi connectivity index (χ1v) is 7.20. The third-order valence-corrected chi connectivity index (χ3v) is 4.28. The highest BCUT2D eigenvalue weighted by Gasteiger charge is 2.20. The van der Waals surface area contributed by atoms with Crippen molar-refractivity contribution in [1.82, 2.24) is 15.2 Å². The maximum absolute atomic E-state index is 11.2. The van der Waals surface area contributed by atoms with Crippen LogP contribution in [-0.2, 0) is 18.4 Å². The molecule has 0 spiro atoms. The van der Waals surface area contributed by atoms with Crippen molar-refractivity contribution in [2.24, 2.45) is 7.05 Å². The first kappa shape index (κ1) is 13.2. The Hall–Kier alpha value is -1.81. The molecule has 1 atom stereocenters. The Morgan fingerprint density at radius 1 is 1.40 bits per heavy atom. The van der Waals surface area contributed by atoms with Crippen LogP contribution >= 0.6 is 0 Å². The smallest absolute Gasteiger partial charge is 0.220 e. The summed E-state index contributed by atoms with van der Waals surface area (Å²) in [6.07, 6.45) is 1.61. The normalized spacial score (nSPS) is 18.7. The van der Waals surface area contributed by atoms with Crippen molar-refractivity contribution in [1.29, 1.82) is 0 Å². The summed E-state index contributed by atoms with van der Waals surface area (Å²) in [5.74, 6) is 0.178. The molecule has 106 valence electrons. The van der Waals surface area contributed by atoms with Gasteiger partial charge in [0.25, 0.3) is 0 Å². The van der Waals surface area contributed by atoms with E-state index in [0.717, 1.165) is 19.5 Å². The summed E-state index contributed by atoms with van der Waals surface area (Å²) in [7, 11) is 2.11. The van der Waals surface area contributed by atoms with Gasteiger partial charge in [0.2, 0.25) is 5.91 Å². The molecule has 2 aromatic rings. The minimum absolute atomic E-state index is 0.178. The van der Waals surface area contributed by atoms with Crippen LogP contribution in [0.2, 0.25) is 0 Å². The van der Waals surface area contributed by atoms with Crippen molar-refractivity contribution in [3.05, 3.63) is 35.5 Å². The minimum atomic E-state index is 0.178. The van der Waals surface area contributed by atoms with E-state index in [1.165, 1.54) is 22.2 Å². The second-order valence-corrected chi connectivity index (χ2v) is 5.58. The van der Waals surface area contributed by atoms with Gasteiger partial charge in [0.15, 0.2) is 0 Å². The number of aromatic nitrogens is 1. The Morgan fingerprint density at radius 2 is 2.20 bits per heavy atom. The molecule has 1 fully saturated rings. The van der Waals surface area contributed by atoms with Crippen molar-refractivity contribution in [2.75, 3.05) is 6.54 Å². The number of hydrogen-bond donors (Lipinski definition) is 2. The Bertz CT molecular complexity index is 605. The fourth-order valence-corrected chi connectivity index (χ4v) is 3.08. The van der Waals surface area contributed by atoms with Crippen molar-refractivity contribution in [3.63, 3.8) is 0 Å². The fraction of sp³-hybridized carbons (Fsp3) is 0.438. The lowest BCUT2D eigenvalue weighted by atomic mass is 10.1. The van der Waals surface area contributed by atoms with Crippen LogP contribution in [0.25, 0.3) is 10.9 Å². The fourth-order valence-electron chi connectivity index (χ4n) is 3.08. The van der Waals surface area contributed by atoms with Gasteiger partial charge in [0, 0.05) is 49.2 Å². The number of carbonyl (C=O) groups excluding carboxylic acids is 1. The lowest BCUT2D eigenvalue weighted by Gasteiger charge is -2.12. The highest BCUT2D eigenvalue weighted by atomic mass is 16.1. The summed E-state index contributed by atoms with van der Waals surface area (Å²) < 4.78 is 2.25. The predicted molar refractivity (Wildman–Crippen MR) is 80.5 cm³/mol. The van der Waals surface area contributed by atoms with E-state index >= 15 is 0 Å². The largest absolute Gasteiger partial charge is 0.352 e. The number of aryl methyl sites for hydroxylation is 2. The van der Waals surface area contributed by atoms with Crippen molar-refractivity contribution in [3.8, 4) is 0 Å². The standard InChI is InChI=1S/C16H21N3O/c1-11-13-5-3-4-6-14(13)19(2)15(11)10-17-9-12-7-8-16(20)18-12/h3-6,12,17H,7-10H2,1-2H3,(H,18,20). The monoisotopic (exact) mass is 271 g/mol. The minimum Gasteiger partial charge on any atom is -0.352 e. The Morgan fingerprint density at radius 3 is 2.90 bits per heavy atom. The molecule has 0 aliphatic carbocycles. The quantitative estimate of drug-likeness (QED) is 0.891. The molecule has 1 aliphatic heterocycles. The van der Waals surface area contributed by atoms with Crippen LogP contribution in [-0.4, -0.2) is 23.1 Å². The van der Waals surface area contributed by atoms with Crippen molar-refractivity contribution >= 4 is 16.8 Å². The van der Waals surface area contributed by atoms with Gasteiger partial charge in [-0.15, -0.1) is 0 Å². The average Bonchev–Trinajstić information content (AvgIpc) is 2.97. The Balaban J connectivity index is 1.70. The first-order chi connectivity index (χ1) is 9.66. The van der Waals surface area contributed by atoms with E-state index in [2.05, 4.69) is 53.4 Å². The number of nitrogens with one attached hydrogen (secondary N) is 2. The zero-order valence-electron chi connectivity index (χ0n) is 12.1. The molecule has 2 heterocycles. The molecule has 4 heteroatoms. The number of nitrogens with zero attached hydrogens (tertiary/aromatic N) is 1. The van der Waals surface area contributed by atoms with Crippen LogP contribution in [0.4, 0.5) is 0 Å². The van der Waals surface area contributed by atoms with Crippen LogP contribution in [0.3, 0.4) is 0 Å². The third kappa shape index (κ3) is 2.31. The van der Waals surface area contributed by atoms with E-state index in [-0.39, 0.29) is 11.9 Å². The first-order valence-electron chi connectivity index (χ1n) is 7.20. The molecule has 2 N–H and O–H groups in total. The summed E-state index contributed by atoms with van der Waals surface area (Å²) >= 11 is 0. The zero-order chi connectivity index (χ0) is 14.1. The van der Waals surface area contributed by atoms with Gasteiger partial charge in [-0.25, -0.2) is 0 Å². The number of rotatable bonds is 4. The third-order valence-electron chi connectivity index (χ3n) is 4.28. The molecule has 0 saturated carbocycles. The van der Waals surface area contributed by atoms with Crippen LogP contribution in [0.15, 0.2) is 24.3 Å². The maximum atomic E-state index is 11.2. The van der Waals surface area contributed by atoms with E-state index in [4.69, 9.17) is 0 Å². The zero-order valence-corrected chi connectivity index (χ0v) is 12.1. The van der Waals surface area contributed by atoms with Crippen LogP contribution in [0, 0.1) is 6.92 Å². The summed E-state index contributed by atoms with van der Waals surface area (Å²) in [6.45, 7) is 3.85. The van der Waals surface area contributed by atoms with Crippen LogP contribution < -0.4 is 10.6 Å². The second-order valence-electron chi connectivity index (χ2n) is 5.58.